The number of carbonyl (C=O) groups is 1. The number of nitrogens with one attached hydrogen (secondary N) is 2. The van der Waals surface area contributed by atoms with E-state index in [1.807, 2.05) is 4.72 Å². The molecule has 0 aliphatic heterocycles. The van der Waals surface area contributed by atoms with Crippen LogP contribution in [0.5, 0.6) is 0 Å². The minimum Gasteiger partial charge on any atom is -0.348 e. The standard InChI is InChI=1S/C12H14F4N2O3S/c1-7(18-11(19)6-17-22(2,20)21)8-3-4-10(13)9(5-8)12(14,15)16/h3-5,7,17H,6H2,1-2H3,(H,18,19)/t7-/m0/s1. The molecule has 0 aromatic heterocycles. The van der Waals surface area contributed by atoms with Crippen molar-refractivity contribution in [1.82, 2.24) is 10.0 Å². The predicted octanol–water partition coefficient (Wildman–Crippen LogP) is 1.57. The summed E-state index contributed by atoms with van der Waals surface area (Å²) >= 11 is 0. The fraction of sp³-hybridized carbons (Fsp3) is 0.417. The van der Waals surface area contributed by atoms with Crippen LogP contribution in [0.1, 0.15) is 24.1 Å². The Morgan fingerprint density at radius 1 is 1.32 bits per heavy atom. The van der Waals surface area contributed by atoms with Gasteiger partial charge in [0.05, 0.1) is 24.4 Å². The lowest BCUT2D eigenvalue weighted by Gasteiger charge is -2.16. The first-order valence-corrected chi connectivity index (χ1v) is 7.90. The molecular formula is C12H14F4N2O3S. The number of sulfonamides is 1. The maximum Gasteiger partial charge on any atom is 0.419 e. The number of rotatable bonds is 5. The fourth-order valence-corrected chi connectivity index (χ4v) is 2.00. The molecular weight excluding hydrogens is 328 g/mol. The number of benzene rings is 1. The zero-order chi connectivity index (χ0) is 17.1. The summed E-state index contributed by atoms with van der Waals surface area (Å²) in [7, 11) is -3.56. The van der Waals surface area contributed by atoms with Crippen molar-refractivity contribution < 1.29 is 30.8 Å². The van der Waals surface area contributed by atoms with Crippen LogP contribution in [0.25, 0.3) is 0 Å². The first-order chi connectivity index (χ1) is 9.90. The largest absolute Gasteiger partial charge is 0.419 e. The molecule has 0 saturated heterocycles. The number of hydrogen-bond acceptors (Lipinski definition) is 3. The molecule has 0 unspecified atom stereocenters. The average Bonchev–Trinajstić information content (AvgIpc) is 2.34. The van der Waals surface area contributed by atoms with Crippen LogP contribution in [0.4, 0.5) is 17.6 Å². The van der Waals surface area contributed by atoms with Crippen molar-refractivity contribution in [3.63, 3.8) is 0 Å². The van der Waals surface area contributed by atoms with Gasteiger partial charge in [0.25, 0.3) is 0 Å². The summed E-state index contributed by atoms with van der Waals surface area (Å²) in [6.07, 6.45) is -3.99. The van der Waals surface area contributed by atoms with Crippen LogP contribution >= 0.6 is 0 Å². The molecule has 2 N–H and O–H groups in total. The van der Waals surface area contributed by atoms with Gasteiger partial charge in [-0.3, -0.25) is 4.79 Å². The van der Waals surface area contributed by atoms with Gasteiger partial charge in [0.15, 0.2) is 0 Å². The lowest BCUT2D eigenvalue weighted by Crippen LogP contribution is -2.37. The summed E-state index contributed by atoms with van der Waals surface area (Å²) in [4.78, 5) is 11.5. The van der Waals surface area contributed by atoms with E-state index < -0.39 is 46.1 Å². The van der Waals surface area contributed by atoms with Gasteiger partial charge in [-0.25, -0.2) is 17.5 Å². The Balaban J connectivity index is 2.82. The zero-order valence-corrected chi connectivity index (χ0v) is 12.5. The molecule has 1 aromatic carbocycles. The molecule has 1 aromatic rings. The van der Waals surface area contributed by atoms with Crippen LogP contribution in [0.15, 0.2) is 18.2 Å². The van der Waals surface area contributed by atoms with Gasteiger partial charge in [0, 0.05) is 0 Å². The highest BCUT2D eigenvalue weighted by Crippen LogP contribution is 2.32. The summed E-state index contributed by atoms with van der Waals surface area (Å²) in [5, 5.41) is 2.31. The molecule has 22 heavy (non-hydrogen) atoms. The van der Waals surface area contributed by atoms with Gasteiger partial charge < -0.3 is 5.32 Å². The average molecular weight is 342 g/mol. The molecule has 0 aliphatic rings. The zero-order valence-electron chi connectivity index (χ0n) is 11.7. The third-order valence-corrected chi connectivity index (χ3v) is 3.34. The molecule has 0 heterocycles. The van der Waals surface area contributed by atoms with Gasteiger partial charge >= 0.3 is 6.18 Å². The number of hydrogen-bond donors (Lipinski definition) is 2. The van der Waals surface area contributed by atoms with Gasteiger partial charge in [-0.2, -0.15) is 13.2 Å². The van der Waals surface area contributed by atoms with E-state index in [2.05, 4.69) is 5.32 Å². The van der Waals surface area contributed by atoms with Crippen LogP contribution in [-0.4, -0.2) is 27.1 Å². The Hall–Kier alpha value is -1.68. The SMILES string of the molecule is C[C@H](NC(=O)CNS(C)(=O)=O)c1ccc(F)c(C(F)(F)F)c1. The van der Waals surface area contributed by atoms with E-state index in [1.165, 1.54) is 6.92 Å². The van der Waals surface area contributed by atoms with Crippen molar-refractivity contribution in [2.75, 3.05) is 12.8 Å². The Morgan fingerprint density at radius 3 is 2.41 bits per heavy atom. The number of carbonyl (C=O) groups excluding carboxylic acids is 1. The predicted molar refractivity (Wildman–Crippen MR) is 70.8 cm³/mol. The van der Waals surface area contributed by atoms with Gasteiger partial charge in [-0.1, -0.05) is 6.07 Å². The van der Waals surface area contributed by atoms with Crippen LogP contribution in [0, 0.1) is 5.82 Å². The molecule has 0 aliphatic carbocycles. The van der Waals surface area contributed by atoms with Crippen LogP contribution < -0.4 is 10.0 Å². The van der Waals surface area contributed by atoms with Crippen LogP contribution in [0.2, 0.25) is 0 Å². The summed E-state index contributed by atoms with van der Waals surface area (Å²) in [5.41, 5.74) is -1.39. The van der Waals surface area contributed by atoms with Crippen molar-refractivity contribution in [1.29, 1.82) is 0 Å². The van der Waals surface area contributed by atoms with E-state index in [0.717, 1.165) is 12.3 Å². The third-order valence-electron chi connectivity index (χ3n) is 2.67. The van der Waals surface area contributed by atoms with Crippen LogP contribution in [-0.2, 0) is 21.0 Å². The number of halogens is 4. The first kappa shape index (κ1) is 18.4. The smallest absolute Gasteiger partial charge is 0.348 e. The van der Waals surface area contributed by atoms with Gasteiger partial charge in [-0.05, 0) is 24.6 Å². The fourth-order valence-electron chi connectivity index (χ4n) is 1.60. The van der Waals surface area contributed by atoms with E-state index in [0.29, 0.717) is 12.1 Å². The highest BCUT2D eigenvalue weighted by Gasteiger charge is 2.34. The Kier molecular flexibility index (Phi) is 5.52. The van der Waals surface area contributed by atoms with Gasteiger partial charge in [0.1, 0.15) is 5.82 Å². The molecule has 124 valence electrons. The minimum absolute atomic E-state index is 0.0430. The molecule has 5 nitrogen and oxygen atoms in total. The van der Waals surface area contributed by atoms with Crippen LogP contribution in [0.3, 0.4) is 0 Å². The first-order valence-electron chi connectivity index (χ1n) is 6.01. The molecule has 0 bridgehead atoms. The second-order valence-electron chi connectivity index (χ2n) is 4.62. The lowest BCUT2D eigenvalue weighted by molar-refractivity contribution is -0.140. The Bertz CT molecular complexity index is 659. The molecule has 1 rings (SSSR count). The maximum absolute atomic E-state index is 13.2. The summed E-state index contributed by atoms with van der Waals surface area (Å²) in [6.45, 7) is 0.849. The highest BCUT2D eigenvalue weighted by molar-refractivity contribution is 7.88. The topological polar surface area (TPSA) is 75.3 Å². The molecule has 0 fully saturated rings. The maximum atomic E-state index is 13.2. The van der Waals surface area contributed by atoms with Crippen molar-refractivity contribution in [2.45, 2.75) is 19.1 Å². The molecule has 1 atom stereocenters. The van der Waals surface area contributed by atoms with Gasteiger partial charge in [0.2, 0.25) is 15.9 Å². The molecule has 1 amide bonds. The highest BCUT2D eigenvalue weighted by atomic mass is 32.2. The minimum atomic E-state index is -4.85. The van der Waals surface area contributed by atoms with E-state index in [-0.39, 0.29) is 5.56 Å². The Labute approximate surface area is 124 Å². The molecule has 0 spiro atoms. The summed E-state index contributed by atoms with van der Waals surface area (Å²) in [6, 6.07) is 1.52. The third kappa shape index (κ3) is 5.60. The van der Waals surface area contributed by atoms with E-state index >= 15 is 0 Å². The number of amides is 1. The van der Waals surface area contributed by atoms with Gasteiger partial charge in [-0.15, -0.1) is 0 Å². The van der Waals surface area contributed by atoms with Crippen molar-refractivity contribution in [2.24, 2.45) is 0 Å². The molecule has 0 radical (unpaired) electrons. The Morgan fingerprint density at radius 2 is 1.91 bits per heavy atom. The summed E-state index contributed by atoms with van der Waals surface area (Å²) in [5.74, 6) is -2.13. The number of alkyl halides is 3. The molecule has 0 saturated carbocycles. The second kappa shape index (κ2) is 6.61. The quantitative estimate of drug-likeness (QED) is 0.798. The van der Waals surface area contributed by atoms with E-state index in [1.54, 1.807) is 0 Å². The second-order valence-corrected chi connectivity index (χ2v) is 6.45. The van der Waals surface area contributed by atoms with E-state index in [4.69, 9.17) is 0 Å². The normalized spacial score (nSPS) is 13.7. The van der Waals surface area contributed by atoms with Crippen molar-refractivity contribution in [3.8, 4) is 0 Å². The van der Waals surface area contributed by atoms with Crippen molar-refractivity contribution in [3.05, 3.63) is 35.1 Å². The lowest BCUT2D eigenvalue weighted by atomic mass is 10.0. The van der Waals surface area contributed by atoms with Crippen molar-refractivity contribution >= 4 is 15.9 Å². The van der Waals surface area contributed by atoms with E-state index in [9.17, 15) is 30.8 Å². The molecule has 10 heteroatoms. The summed E-state index contributed by atoms with van der Waals surface area (Å²) < 4.78 is 74.6. The monoisotopic (exact) mass is 342 g/mol.